The van der Waals surface area contributed by atoms with E-state index in [1.54, 1.807) is 0 Å². The predicted octanol–water partition coefficient (Wildman–Crippen LogP) is 3.12. The minimum atomic E-state index is -1.53. The van der Waals surface area contributed by atoms with Gasteiger partial charge in [-0.15, -0.1) is 0 Å². The van der Waals surface area contributed by atoms with Crippen LogP contribution in [0.2, 0.25) is 19.6 Å². The third-order valence-corrected chi connectivity index (χ3v) is 4.94. The molecule has 0 aliphatic heterocycles. The highest BCUT2D eigenvalue weighted by atomic mass is 28.3. The van der Waals surface area contributed by atoms with Crippen LogP contribution >= 0.6 is 0 Å². The number of aliphatic imine (C=N–C) groups is 1. The fourth-order valence-corrected chi connectivity index (χ4v) is 4.43. The van der Waals surface area contributed by atoms with Crippen molar-refractivity contribution in [2.75, 3.05) is 6.54 Å². The van der Waals surface area contributed by atoms with Crippen molar-refractivity contribution in [2.45, 2.75) is 59.4 Å². The summed E-state index contributed by atoms with van der Waals surface area (Å²) < 4.78 is 0. The van der Waals surface area contributed by atoms with Crippen LogP contribution in [0.15, 0.2) is 4.99 Å². The van der Waals surface area contributed by atoms with Crippen molar-refractivity contribution < 1.29 is 5.11 Å². The first-order valence-corrected chi connectivity index (χ1v) is 9.47. The number of rotatable bonds is 5. The molecule has 1 atom stereocenters. The summed E-state index contributed by atoms with van der Waals surface area (Å²) >= 11 is 0. The molecule has 1 N–H and O–H groups in total. The van der Waals surface area contributed by atoms with E-state index in [1.807, 2.05) is 13.8 Å². The molecule has 0 aliphatic carbocycles. The molecular formula is C12H27NOSi. The molecule has 0 saturated carbocycles. The van der Waals surface area contributed by atoms with Crippen LogP contribution in [0.25, 0.3) is 0 Å². The maximum absolute atomic E-state index is 10.7. The predicted molar refractivity (Wildman–Crippen MR) is 71.4 cm³/mol. The standard InChI is InChI=1S/C12H27NOSi/c1-8-12(14,10(3)4)11(13-9-2)15(5,6)7/h10,14H,8-9H2,1-7H3. The minimum Gasteiger partial charge on any atom is -0.384 e. The Balaban J connectivity index is 5.33. The summed E-state index contributed by atoms with van der Waals surface area (Å²) in [4.78, 5) is 4.59. The molecule has 0 fully saturated rings. The molecule has 0 aromatic carbocycles. The van der Waals surface area contributed by atoms with Gasteiger partial charge in [-0.3, -0.25) is 4.99 Å². The molecule has 0 aliphatic rings. The number of aliphatic hydroxyl groups is 1. The highest BCUT2D eigenvalue weighted by Crippen LogP contribution is 2.28. The molecule has 0 spiro atoms. The number of nitrogens with zero attached hydrogens (tertiary/aromatic N) is 1. The first kappa shape index (κ1) is 14.8. The molecule has 0 heterocycles. The van der Waals surface area contributed by atoms with Crippen LogP contribution in [-0.4, -0.2) is 30.7 Å². The van der Waals surface area contributed by atoms with E-state index in [9.17, 15) is 5.11 Å². The highest BCUT2D eigenvalue weighted by Gasteiger charge is 2.41. The zero-order valence-corrected chi connectivity index (χ0v) is 12.4. The molecule has 0 radical (unpaired) electrons. The quantitative estimate of drug-likeness (QED) is 0.570. The Labute approximate surface area is 95.8 Å². The van der Waals surface area contributed by atoms with Crippen LogP contribution in [0.4, 0.5) is 0 Å². The molecule has 0 amide bonds. The third-order valence-electron chi connectivity index (χ3n) is 2.93. The molecule has 0 aromatic rings. The van der Waals surface area contributed by atoms with E-state index in [-0.39, 0.29) is 5.92 Å². The Hall–Kier alpha value is -0.153. The largest absolute Gasteiger partial charge is 0.384 e. The topological polar surface area (TPSA) is 32.6 Å². The molecule has 2 nitrogen and oxygen atoms in total. The molecule has 90 valence electrons. The lowest BCUT2D eigenvalue weighted by atomic mass is 9.88. The molecular weight excluding hydrogens is 202 g/mol. The van der Waals surface area contributed by atoms with E-state index >= 15 is 0 Å². The molecule has 0 saturated heterocycles. The second kappa shape index (κ2) is 5.26. The molecule has 0 rings (SSSR count). The van der Waals surface area contributed by atoms with Gasteiger partial charge in [0.1, 0.15) is 5.60 Å². The van der Waals surface area contributed by atoms with Crippen LogP contribution in [-0.2, 0) is 0 Å². The summed E-state index contributed by atoms with van der Waals surface area (Å²) in [5, 5.41) is 11.8. The zero-order chi connectivity index (χ0) is 12.3. The average Bonchev–Trinajstić information content (AvgIpc) is 2.10. The van der Waals surface area contributed by atoms with E-state index in [4.69, 9.17) is 0 Å². The van der Waals surface area contributed by atoms with Gasteiger partial charge in [0.15, 0.2) is 0 Å². The smallest absolute Gasteiger partial charge is 0.100 e. The highest BCUT2D eigenvalue weighted by molar-refractivity contribution is 7.05. The molecule has 15 heavy (non-hydrogen) atoms. The van der Waals surface area contributed by atoms with E-state index < -0.39 is 13.7 Å². The Bertz CT molecular complexity index is 230. The van der Waals surface area contributed by atoms with E-state index in [0.717, 1.165) is 18.3 Å². The first-order valence-electron chi connectivity index (χ1n) is 5.97. The van der Waals surface area contributed by atoms with Gasteiger partial charge in [0.05, 0.1) is 8.07 Å². The van der Waals surface area contributed by atoms with Gasteiger partial charge < -0.3 is 5.11 Å². The Morgan fingerprint density at radius 1 is 1.27 bits per heavy atom. The van der Waals surface area contributed by atoms with Gasteiger partial charge in [0.2, 0.25) is 0 Å². The van der Waals surface area contributed by atoms with Gasteiger partial charge in [0, 0.05) is 11.9 Å². The average molecular weight is 229 g/mol. The van der Waals surface area contributed by atoms with Crippen LogP contribution < -0.4 is 0 Å². The third kappa shape index (κ3) is 3.42. The minimum absolute atomic E-state index is 0.236. The van der Waals surface area contributed by atoms with E-state index in [1.165, 1.54) is 0 Å². The summed E-state index contributed by atoms with van der Waals surface area (Å²) in [6.45, 7) is 15.8. The first-order chi connectivity index (χ1) is 6.70. The monoisotopic (exact) mass is 229 g/mol. The zero-order valence-electron chi connectivity index (χ0n) is 11.4. The number of hydrogen-bond acceptors (Lipinski definition) is 2. The Morgan fingerprint density at radius 3 is 1.93 bits per heavy atom. The van der Waals surface area contributed by atoms with Gasteiger partial charge in [0.25, 0.3) is 0 Å². The van der Waals surface area contributed by atoms with Gasteiger partial charge in [-0.2, -0.15) is 0 Å². The SMILES string of the molecule is CCN=C(C(O)(CC)C(C)C)[Si](C)(C)C. The van der Waals surface area contributed by atoms with Gasteiger partial charge in [-0.05, 0) is 19.3 Å². The molecule has 1 unspecified atom stereocenters. The van der Waals surface area contributed by atoms with Crippen molar-refractivity contribution in [3.8, 4) is 0 Å². The van der Waals surface area contributed by atoms with E-state index in [2.05, 4.69) is 38.5 Å². The van der Waals surface area contributed by atoms with Gasteiger partial charge in [-0.1, -0.05) is 40.4 Å². The van der Waals surface area contributed by atoms with Crippen molar-refractivity contribution in [1.29, 1.82) is 0 Å². The summed E-state index contributed by atoms with van der Waals surface area (Å²) in [7, 11) is -1.53. The summed E-state index contributed by atoms with van der Waals surface area (Å²) in [6.07, 6.45) is 0.758. The lowest BCUT2D eigenvalue weighted by molar-refractivity contribution is 0.0618. The second-order valence-electron chi connectivity index (χ2n) is 5.51. The van der Waals surface area contributed by atoms with Crippen LogP contribution in [0.5, 0.6) is 0 Å². The van der Waals surface area contributed by atoms with Gasteiger partial charge in [-0.25, -0.2) is 0 Å². The van der Waals surface area contributed by atoms with Crippen molar-refractivity contribution >= 4 is 13.4 Å². The van der Waals surface area contributed by atoms with Crippen LogP contribution in [0, 0.1) is 5.92 Å². The van der Waals surface area contributed by atoms with Crippen LogP contribution in [0.1, 0.15) is 34.1 Å². The Morgan fingerprint density at radius 2 is 1.73 bits per heavy atom. The van der Waals surface area contributed by atoms with E-state index in [0.29, 0.717) is 0 Å². The van der Waals surface area contributed by atoms with Crippen molar-refractivity contribution in [3.05, 3.63) is 0 Å². The normalized spacial score (nSPS) is 18.1. The van der Waals surface area contributed by atoms with Crippen molar-refractivity contribution in [2.24, 2.45) is 10.9 Å². The van der Waals surface area contributed by atoms with Gasteiger partial charge >= 0.3 is 0 Å². The van der Waals surface area contributed by atoms with Crippen molar-refractivity contribution in [3.63, 3.8) is 0 Å². The number of hydrogen-bond donors (Lipinski definition) is 1. The fraction of sp³-hybridized carbons (Fsp3) is 0.917. The molecule has 0 aromatic heterocycles. The van der Waals surface area contributed by atoms with Crippen LogP contribution in [0.3, 0.4) is 0 Å². The fourth-order valence-electron chi connectivity index (χ4n) is 2.03. The summed E-state index contributed by atoms with van der Waals surface area (Å²) in [5.74, 6) is 0.236. The molecule has 0 bridgehead atoms. The Kier molecular flexibility index (Phi) is 5.20. The second-order valence-corrected chi connectivity index (χ2v) is 10.5. The molecule has 3 heteroatoms. The summed E-state index contributed by atoms with van der Waals surface area (Å²) in [5.41, 5.74) is -0.694. The lowest BCUT2D eigenvalue weighted by Gasteiger charge is -2.38. The maximum Gasteiger partial charge on any atom is 0.100 e. The summed E-state index contributed by atoms with van der Waals surface area (Å²) in [6, 6.07) is 0. The van der Waals surface area contributed by atoms with Crippen molar-refractivity contribution in [1.82, 2.24) is 0 Å². The lowest BCUT2D eigenvalue weighted by Crippen LogP contribution is -2.54. The maximum atomic E-state index is 10.7.